The zero-order valence-electron chi connectivity index (χ0n) is 7.75. The van der Waals surface area contributed by atoms with Crippen LogP contribution >= 0.6 is 11.6 Å². The third-order valence-electron chi connectivity index (χ3n) is 1.40. The Labute approximate surface area is 93.6 Å². The summed E-state index contributed by atoms with van der Waals surface area (Å²) >= 11 is 5.58. The maximum absolute atomic E-state index is 12.0. The zero-order chi connectivity index (χ0) is 12.3. The number of guanidine groups is 1. The molecule has 1 rings (SSSR count). The van der Waals surface area contributed by atoms with Crippen molar-refractivity contribution in [1.82, 2.24) is 0 Å². The number of aliphatic imine (C=N–C) groups is 1. The van der Waals surface area contributed by atoms with Crippen LogP contribution < -0.4 is 16.2 Å². The molecule has 0 radical (unpaired) electrons. The summed E-state index contributed by atoms with van der Waals surface area (Å²) in [5, 5.41) is 0.189. The van der Waals surface area contributed by atoms with E-state index in [-0.39, 0.29) is 10.7 Å². The second kappa shape index (κ2) is 4.48. The van der Waals surface area contributed by atoms with Crippen LogP contribution in [-0.4, -0.2) is 12.3 Å². The smallest absolute Gasteiger partial charge is 0.403 e. The van der Waals surface area contributed by atoms with Crippen LogP contribution in [0.2, 0.25) is 5.02 Å². The highest BCUT2D eigenvalue weighted by Crippen LogP contribution is 2.34. The summed E-state index contributed by atoms with van der Waals surface area (Å²) in [6.07, 6.45) is -4.82. The fraction of sp³-hybridized carbons (Fsp3) is 0.125. The summed E-state index contributed by atoms with van der Waals surface area (Å²) in [5.41, 5.74) is 9.92. The molecule has 0 saturated heterocycles. The number of alkyl halides is 3. The molecule has 0 spiro atoms. The van der Waals surface area contributed by atoms with Crippen LogP contribution in [0.5, 0.6) is 5.75 Å². The van der Waals surface area contributed by atoms with Gasteiger partial charge in [-0.05, 0) is 18.2 Å². The molecule has 1 aromatic carbocycles. The van der Waals surface area contributed by atoms with Gasteiger partial charge in [0.2, 0.25) is 0 Å². The van der Waals surface area contributed by atoms with Crippen LogP contribution in [0, 0.1) is 0 Å². The van der Waals surface area contributed by atoms with Gasteiger partial charge in [0.05, 0.1) is 0 Å². The maximum atomic E-state index is 12.0. The Bertz CT molecular complexity index is 415. The van der Waals surface area contributed by atoms with Crippen molar-refractivity contribution in [1.29, 1.82) is 0 Å². The van der Waals surface area contributed by atoms with Gasteiger partial charge in [0.1, 0.15) is 5.69 Å². The van der Waals surface area contributed by atoms with E-state index in [1.807, 2.05) is 0 Å². The van der Waals surface area contributed by atoms with Crippen LogP contribution in [-0.2, 0) is 0 Å². The van der Waals surface area contributed by atoms with E-state index >= 15 is 0 Å². The monoisotopic (exact) mass is 253 g/mol. The van der Waals surface area contributed by atoms with Crippen molar-refractivity contribution in [2.45, 2.75) is 6.36 Å². The normalized spacial score (nSPS) is 11.0. The summed E-state index contributed by atoms with van der Waals surface area (Å²) < 4.78 is 39.7. The predicted molar refractivity (Wildman–Crippen MR) is 53.6 cm³/mol. The minimum absolute atomic E-state index is 0.189. The molecule has 0 aliphatic heterocycles. The van der Waals surface area contributed by atoms with Crippen molar-refractivity contribution in [3.05, 3.63) is 23.2 Å². The Morgan fingerprint density at radius 2 is 1.94 bits per heavy atom. The number of nitrogens with two attached hydrogens (primary N) is 2. The van der Waals surface area contributed by atoms with E-state index in [2.05, 4.69) is 9.73 Å². The lowest BCUT2D eigenvalue weighted by molar-refractivity contribution is -0.274. The fourth-order valence-electron chi connectivity index (χ4n) is 0.928. The number of hydrogen-bond acceptors (Lipinski definition) is 2. The molecular weight excluding hydrogens is 247 g/mol. The first-order valence-electron chi connectivity index (χ1n) is 3.93. The topological polar surface area (TPSA) is 73.6 Å². The first-order valence-corrected chi connectivity index (χ1v) is 4.30. The Balaban J connectivity index is 3.13. The highest BCUT2D eigenvalue weighted by Gasteiger charge is 2.32. The van der Waals surface area contributed by atoms with Gasteiger partial charge in [-0.25, -0.2) is 4.99 Å². The molecular formula is C8H7ClF3N3O. The lowest BCUT2D eigenvalue weighted by Crippen LogP contribution is -2.22. The summed E-state index contributed by atoms with van der Waals surface area (Å²) in [6.45, 7) is 0. The highest BCUT2D eigenvalue weighted by molar-refractivity contribution is 6.30. The number of ether oxygens (including phenoxy) is 1. The van der Waals surface area contributed by atoms with Crippen molar-refractivity contribution in [3.63, 3.8) is 0 Å². The fourth-order valence-corrected chi connectivity index (χ4v) is 1.09. The number of rotatable bonds is 2. The molecule has 88 valence electrons. The number of nitrogens with zero attached hydrogens (tertiary/aromatic N) is 1. The van der Waals surface area contributed by atoms with E-state index in [4.69, 9.17) is 23.1 Å². The third kappa shape index (κ3) is 3.85. The van der Waals surface area contributed by atoms with Gasteiger partial charge in [0.15, 0.2) is 11.7 Å². The van der Waals surface area contributed by atoms with Gasteiger partial charge in [-0.2, -0.15) is 0 Å². The van der Waals surface area contributed by atoms with Gasteiger partial charge < -0.3 is 16.2 Å². The molecule has 0 saturated carbocycles. The van der Waals surface area contributed by atoms with Crippen LogP contribution in [0.4, 0.5) is 18.9 Å². The summed E-state index contributed by atoms with van der Waals surface area (Å²) in [7, 11) is 0. The van der Waals surface area contributed by atoms with Crippen molar-refractivity contribution in [2.75, 3.05) is 0 Å². The van der Waals surface area contributed by atoms with Crippen molar-refractivity contribution in [3.8, 4) is 5.75 Å². The molecule has 0 atom stereocenters. The number of halogens is 4. The molecule has 8 heteroatoms. The molecule has 0 aliphatic carbocycles. The average Bonchev–Trinajstić information content (AvgIpc) is 2.06. The first kappa shape index (κ1) is 12.4. The lowest BCUT2D eigenvalue weighted by atomic mass is 10.3. The van der Waals surface area contributed by atoms with E-state index in [1.54, 1.807) is 0 Å². The van der Waals surface area contributed by atoms with Crippen molar-refractivity contribution in [2.24, 2.45) is 16.5 Å². The van der Waals surface area contributed by atoms with Crippen LogP contribution in [0.15, 0.2) is 23.2 Å². The molecule has 0 fully saturated rings. The molecule has 4 nitrogen and oxygen atoms in total. The minimum atomic E-state index is -4.82. The second-order valence-corrected chi connectivity index (χ2v) is 3.13. The van der Waals surface area contributed by atoms with Crippen LogP contribution in [0.1, 0.15) is 0 Å². The molecule has 4 N–H and O–H groups in total. The molecule has 0 amide bonds. The molecule has 0 aromatic heterocycles. The van der Waals surface area contributed by atoms with Gasteiger partial charge in [0, 0.05) is 5.02 Å². The van der Waals surface area contributed by atoms with Crippen LogP contribution in [0.25, 0.3) is 0 Å². The standard InChI is InChI=1S/C8H7ClF3N3O/c9-4-1-2-6(16-8(10,11)12)5(3-4)15-7(13)14/h1-3H,(H4,13,14,15). The molecule has 0 unspecified atom stereocenters. The number of hydrogen-bond donors (Lipinski definition) is 2. The lowest BCUT2D eigenvalue weighted by Gasteiger charge is -2.11. The molecule has 0 bridgehead atoms. The van der Waals surface area contributed by atoms with Gasteiger partial charge in [0.25, 0.3) is 0 Å². The van der Waals surface area contributed by atoms with Crippen molar-refractivity contribution >= 4 is 23.2 Å². The minimum Gasteiger partial charge on any atom is -0.403 e. The SMILES string of the molecule is NC(N)=Nc1cc(Cl)ccc1OC(F)(F)F. The average molecular weight is 254 g/mol. The highest BCUT2D eigenvalue weighted by atomic mass is 35.5. The van der Waals surface area contributed by atoms with E-state index in [0.717, 1.165) is 12.1 Å². The first-order chi connectivity index (χ1) is 7.28. The maximum Gasteiger partial charge on any atom is 0.573 e. The Morgan fingerprint density at radius 3 is 2.44 bits per heavy atom. The van der Waals surface area contributed by atoms with E-state index in [0.29, 0.717) is 0 Å². The van der Waals surface area contributed by atoms with E-state index < -0.39 is 18.1 Å². The molecule has 0 heterocycles. The van der Waals surface area contributed by atoms with E-state index in [9.17, 15) is 13.2 Å². The van der Waals surface area contributed by atoms with Crippen molar-refractivity contribution < 1.29 is 17.9 Å². The summed E-state index contributed by atoms with van der Waals surface area (Å²) in [6, 6.07) is 3.41. The summed E-state index contributed by atoms with van der Waals surface area (Å²) in [5.74, 6) is -0.917. The molecule has 0 aliphatic rings. The Hall–Kier alpha value is -1.63. The molecule has 1 aromatic rings. The zero-order valence-corrected chi connectivity index (χ0v) is 8.51. The second-order valence-electron chi connectivity index (χ2n) is 2.70. The largest absolute Gasteiger partial charge is 0.573 e. The van der Waals surface area contributed by atoms with Gasteiger partial charge in [-0.1, -0.05) is 11.6 Å². The number of benzene rings is 1. The Kier molecular flexibility index (Phi) is 3.48. The van der Waals surface area contributed by atoms with Gasteiger partial charge >= 0.3 is 6.36 Å². The third-order valence-corrected chi connectivity index (χ3v) is 1.63. The summed E-state index contributed by atoms with van der Waals surface area (Å²) in [4.78, 5) is 3.47. The van der Waals surface area contributed by atoms with Gasteiger partial charge in [-0.15, -0.1) is 13.2 Å². The predicted octanol–water partition coefficient (Wildman–Crippen LogP) is 2.14. The van der Waals surface area contributed by atoms with Crippen LogP contribution in [0.3, 0.4) is 0 Å². The van der Waals surface area contributed by atoms with E-state index in [1.165, 1.54) is 6.07 Å². The Morgan fingerprint density at radius 1 is 1.31 bits per heavy atom. The van der Waals surface area contributed by atoms with Gasteiger partial charge in [-0.3, -0.25) is 0 Å². The quantitative estimate of drug-likeness (QED) is 0.626. The molecule has 16 heavy (non-hydrogen) atoms.